The summed E-state index contributed by atoms with van der Waals surface area (Å²) in [5.41, 5.74) is 5.23. The minimum atomic E-state index is -0.244. The van der Waals surface area contributed by atoms with Crippen molar-refractivity contribution in [3.63, 3.8) is 0 Å². The molecule has 4 rings (SSSR count). The minimum Gasteiger partial charge on any atom is -0.328 e. The summed E-state index contributed by atoms with van der Waals surface area (Å²) >= 11 is 0. The number of carbonyl (C=O) groups is 1. The van der Waals surface area contributed by atoms with Crippen molar-refractivity contribution in [3.8, 4) is 11.1 Å². The van der Waals surface area contributed by atoms with Crippen molar-refractivity contribution in [2.45, 2.75) is 128 Å². The average Bonchev–Trinajstić information content (AvgIpc) is 3.00. The molecule has 2 aromatic carbocycles. The maximum Gasteiger partial charge on any atom is 0.319 e. The molecule has 2 N–H and O–H groups in total. The highest BCUT2D eigenvalue weighted by Gasteiger charge is 2.39. The van der Waals surface area contributed by atoms with Crippen LogP contribution in [0.25, 0.3) is 11.1 Å². The van der Waals surface area contributed by atoms with Crippen molar-refractivity contribution in [2.75, 3.05) is 5.32 Å². The van der Waals surface area contributed by atoms with Gasteiger partial charge in [-0.1, -0.05) is 133 Å². The molecule has 4 heteroatoms. The van der Waals surface area contributed by atoms with Gasteiger partial charge in [0.25, 0.3) is 0 Å². The van der Waals surface area contributed by atoms with E-state index in [9.17, 15) is 4.79 Å². The first kappa shape index (κ1) is 31.8. The lowest BCUT2D eigenvalue weighted by Crippen LogP contribution is -2.52. The monoisotopic (exact) mass is 567 g/mol. The molecule has 1 fully saturated rings. The smallest absolute Gasteiger partial charge is 0.319 e. The fraction of sp³-hybridized carbons (Fsp3) is 0.526. The number of anilines is 1. The Balaban J connectivity index is 1.12. The first-order valence-electron chi connectivity index (χ1n) is 16.9. The quantitative estimate of drug-likeness (QED) is 0.142. The van der Waals surface area contributed by atoms with Gasteiger partial charge in [-0.3, -0.25) is 4.98 Å². The summed E-state index contributed by atoms with van der Waals surface area (Å²) in [6, 6.07) is 22.6. The van der Waals surface area contributed by atoms with Crippen LogP contribution in [-0.2, 0) is 12.0 Å². The Hall–Kier alpha value is -3.14. The van der Waals surface area contributed by atoms with Gasteiger partial charge in [0.05, 0.1) is 5.54 Å². The summed E-state index contributed by atoms with van der Waals surface area (Å²) < 4.78 is 0. The van der Waals surface area contributed by atoms with Gasteiger partial charge in [0.15, 0.2) is 0 Å². The molecule has 1 aliphatic rings. The summed E-state index contributed by atoms with van der Waals surface area (Å²) in [6.07, 6.45) is 25.4. The van der Waals surface area contributed by atoms with Crippen molar-refractivity contribution in [1.29, 1.82) is 0 Å². The van der Waals surface area contributed by atoms with Gasteiger partial charge in [0.1, 0.15) is 0 Å². The van der Waals surface area contributed by atoms with Crippen LogP contribution in [0.1, 0.15) is 127 Å². The van der Waals surface area contributed by atoms with Gasteiger partial charge in [-0.15, -0.1) is 0 Å². The number of hydrogen-bond donors (Lipinski definition) is 2. The Labute approximate surface area is 255 Å². The maximum absolute atomic E-state index is 12.8. The fourth-order valence-electron chi connectivity index (χ4n) is 6.19. The van der Waals surface area contributed by atoms with E-state index in [0.29, 0.717) is 0 Å². The van der Waals surface area contributed by atoms with Crippen molar-refractivity contribution in [1.82, 2.24) is 10.3 Å². The number of amides is 2. The molecule has 4 nitrogen and oxygen atoms in total. The van der Waals surface area contributed by atoms with E-state index in [1.165, 1.54) is 107 Å². The predicted molar refractivity (Wildman–Crippen MR) is 178 cm³/mol. The molecule has 0 unspecified atom stereocenters. The number of aryl methyl sites for hydroxylation is 1. The number of aromatic nitrogens is 1. The molecule has 0 radical (unpaired) electrons. The zero-order valence-electron chi connectivity index (χ0n) is 26.0. The van der Waals surface area contributed by atoms with Crippen LogP contribution in [0.5, 0.6) is 0 Å². The molecule has 226 valence electrons. The van der Waals surface area contributed by atoms with Gasteiger partial charge >= 0.3 is 6.03 Å². The summed E-state index contributed by atoms with van der Waals surface area (Å²) in [4.78, 5) is 17.5. The second-order valence-corrected chi connectivity index (χ2v) is 12.3. The van der Waals surface area contributed by atoms with Crippen LogP contribution in [0.2, 0.25) is 0 Å². The van der Waals surface area contributed by atoms with E-state index >= 15 is 0 Å². The van der Waals surface area contributed by atoms with Crippen LogP contribution in [0.3, 0.4) is 0 Å². The summed E-state index contributed by atoms with van der Waals surface area (Å²) in [7, 11) is 0. The van der Waals surface area contributed by atoms with Crippen LogP contribution >= 0.6 is 0 Å². The third-order valence-electron chi connectivity index (χ3n) is 8.97. The summed E-state index contributed by atoms with van der Waals surface area (Å²) in [6.45, 7) is 2.29. The van der Waals surface area contributed by atoms with E-state index in [2.05, 4.69) is 58.9 Å². The number of hydrogen-bond acceptors (Lipinski definition) is 2. The molecule has 42 heavy (non-hydrogen) atoms. The Morgan fingerprint density at radius 1 is 0.714 bits per heavy atom. The lowest BCUT2D eigenvalue weighted by molar-refractivity contribution is 0.185. The third kappa shape index (κ3) is 10.3. The molecular formula is C38H53N3O. The molecule has 1 saturated carbocycles. The Morgan fingerprint density at radius 2 is 1.31 bits per heavy atom. The standard InChI is InChI=1S/C38H53N3O/c1-2-3-4-5-6-7-8-9-10-11-12-13-14-18-22-36-31-33(27-30-39-36)32-23-25-35(26-24-32)40-37(42)41-38(28-19-29-38)34-20-16-15-17-21-34/h15-17,20-21,23-27,30-31H,2-14,18-19,22,28-29H2,1H3,(H2,40,41,42). The zero-order valence-corrected chi connectivity index (χ0v) is 26.0. The zero-order chi connectivity index (χ0) is 29.3. The van der Waals surface area contributed by atoms with E-state index in [4.69, 9.17) is 0 Å². The van der Waals surface area contributed by atoms with Crippen molar-refractivity contribution in [2.24, 2.45) is 0 Å². The van der Waals surface area contributed by atoms with Crippen LogP contribution in [-0.4, -0.2) is 11.0 Å². The summed E-state index contributed by atoms with van der Waals surface area (Å²) in [5, 5.41) is 6.28. The Morgan fingerprint density at radius 3 is 1.88 bits per heavy atom. The van der Waals surface area contributed by atoms with E-state index in [1.54, 1.807) is 0 Å². The molecule has 3 aromatic rings. The fourth-order valence-corrected chi connectivity index (χ4v) is 6.19. The van der Waals surface area contributed by atoms with Gasteiger partial charge in [-0.25, -0.2) is 4.79 Å². The Kier molecular flexibility index (Phi) is 13.4. The van der Waals surface area contributed by atoms with E-state index in [-0.39, 0.29) is 11.6 Å². The minimum absolute atomic E-state index is 0.148. The van der Waals surface area contributed by atoms with Gasteiger partial charge in [-0.05, 0) is 73.1 Å². The average molecular weight is 568 g/mol. The molecule has 0 atom stereocenters. The normalized spacial score (nSPS) is 13.8. The van der Waals surface area contributed by atoms with Crippen LogP contribution < -0.4 is 10.6 Å². The van der Waals surface area contributed by atoms with Gasteiger partial charge < -0.3 is 10.6 Å². The SMILES string of the molecule is CCCCCCCCCCCCCCCCc1cc(-c2ccc(NC(=O)NC3(c4ccccc4)CCC3)cc2)ccn1. The number of nitrogens with one attached hydrogen (secondary N) is 2. The van der Waals surface area contributed by atoms with Crippen LogP contribution in [0.15, 0.2) is 72.9 Å². The number of rotatable bonds is 19. The largest absolute Gasteiger partial charge is 0.328 e. The van der Waals surface area contributed by atoms with Crippen molar-refractivity contribution < 1.29 is 4.79 Å². The molecule has 1 aliphatic carbocycles. The number of benzene rings is 2. The van der Waals surface area contributed by atoms with Gasteiger partial charge in [-0.2, -0.15) is 0 Å². The highest BCUT2D eigenvalue weighted by Crippen LogP contribution is 2.41. The second-order valence-electron chi connectivity index (χ2n) is 12.3. The molecule has 0 spiro atoms. The number of carbonyl (C=O) groups excluding carboxylic acids is 1. The maximum atomic E-state index is 12.8. The van der Waals surface area contributed by atoms with Gasteiger partial charge in [0, 0.05) is 17.6 Å². The third-order valence-corrected chi connectivity index (χ3v) is 8.97. The van der Waals surface area contributed by atoms with Gasteiger partial charge in [0.2, 0.25) is 0 Å². The second kappa shape index (κ2) is 17.7. The lowest BCUT2D eigenvalue weighted by Gasteiger charge is -2.43. The highest BCUT2D eigenvalue weighted by molar-refractivity contribution is 5.90. The Bertz CT molecular complexity index is 1170. The molecule has 0 aliphatic heterocycles. The first-order valence-corrected chi connectivity index (χ1v) is 16.9. The highest BCUT2D eigenvalue weighted by atomic mass is 16.2. The molecule has 1 aromatic heterocycles. The van der Waals surface area contributed by atoms with E-state index in [1.807, 2.05) is 36.5 Å². The molecule has 1 heterocycles. The molecule has 0 saturated heterocycles. The molecule has 0 bridgehead atoms. The number of urea groups is 1. The van der Waals surface area contributed by atoms with Crippen molar-refractivity contribution >= 4 is 11.7 Å². The number of pyridine rings is 1. The van der Waals surface area contributed by atoms with Crippen LogP contribution in [0, 0.1) is 0 Å². The number of nitrogens with zero attached hydrogens (tertiary/aromatic N) is 1. The summed E-state index contributed by atoms with van der Waals surface area (Å²) in [5.74, 6) is 0. The topological polar surface area (TPSA) is 54.0 Å². The number of unbranched alkanes of at least 4 members (excludes halogenated alkanes) is 13. The lowest BCUT2D eigenvalue weighted by atomic mass is 9.72. The van der Waals surface area contributed by atoms with Crippen LogP contribution in [0.4, 0.5) is 10.5 Å². The van der Waals surface area contributed by atoms with E-state index < -0.39 is 0 Å². The first-order chi connectivity index (χ1) is 20.7. The predicted octanol–water partition coefficient (Wildman–Crippen LogP) is 11.0. The van der Waals surface area contributed by atoms with E-state index in [0.717, 1.165) is 36.9 Å². The molecular weight excluding hydrogens is 514 g/mol. The van der Waals surface area contributed by atoms with Crippen molar-refractivity contribution in [3.05, 3.63) is 84.2 Å². The molecule has 2 amide bonds.